The van der Waals surface area contributed by atoms with Crippen LogP contribution in [0.1, 0.15) is 33.8 Å². The Bertz CT molecular complexity index is 1250. The minimum absolute atomic E-state index is 0.0410. The van der Waals surface area contributed by atoms with E-state index in [0.29, 0.717) is 35.9 Å². The van der Waals surface area contributed by atoms with E-state index in [1.165, 1.54) is 4.90 Å². The summed E-state index contributed by atoms with van der Waals surface area (Å²) in [6.07, 6.45) is -0.405. The van der Waals surface area contributed by atoms with Crippen LogP contribution in [0.2, 0.25) is 0 Å². The Kier molecular flexibility index (Phi) is 6.77. The number of fused-ring (bicyclic) bond motifs is 4. The lowest BCUT2D eigenvalue weighted by atomic mass is 9.98. The molecule has 1 aliphatic carbocycles. The Hall–Kier alpha value is -4.04. The summed E-state index contributed by atoms with van der Waals surface area (Å²) in [4.78, 5) is 27.5. The van der Waals surface area contributed by atoms with Crippen LogP contribution in [0.25, 0.3) is 11.1 Å². The first-order valence-electron chi connectivity index (χ1n) is 11.9. The van der Waals surface area contributed by atoms with Gasteiger partial charge in [-0.15, -0.1) is 0 Å². The van der Waals surface area contributed by atoms with Crippen molar-refractivity contribution in [3.63, 3.8) is 0 Å². The number of ether oxygens (including phenoxy) is 4. The zero-order valence-electron chi connectivity index (χ0n) is 20.1. The standard InChI is InChI=1S/C28H28N2O6/c1-33-13-12-30(11-10-25(31)22-14-26-27(15-24(22)29)36-17-35-26)28(32)34-16-23-20-8-4-2-6-18(20)19-7-3-5-9-21(19)23/h2-9,14-15,23H,10-13,16-17,29H2,1H3. The van der Waals surface area contributed by atoms with Crippen LogP contribution in [0.15, 0.2) is 60.7 Å². The second-order valence-electron chi connectivity index (χ2n) is 8.75. The van der Waals surface area contributed by atoms with Gasteiger partial charge in [-0.1, -0.05) is 48.5 Å². The Labute approximate surface area is 209 Å². The van der Waals surface area contributed by atoms with E-state index < -0.39 is 6.09 Å². The van der Waals surface area contributed by atoms with Crippen molar-refractivity contribution in [2.45, 2.75) is 12.3 Å². The number of nitrogens with two attached hydrogens (primary N) is 1. The van der Waals surface area contributed by atoms with Gasteiger partial charge in [-0.05, 0) is 28.3 Å². The van der Waals surface area contributed by atoms with Gasteiger partial charge in [0.1, 0.15) is 6.61 Å². The number of Topliss-reactive ketones (excluding diaryl/α,β-unsaturated/α-hetero) is 1. The molecule has 0 bridgehead atoms. The van der Waals surface area contributed by atoms with E-state index in [2.05, 4.69) is 24.3 Å². The average Bonchev–Trinajstić information content (AvgIpc) is 3.48. The second-order valence-corrected chi connectivity index (χ2v) is 8.75. The topological polar surface area (TPSA) is 100 Å². The molecule has 0 aromatic heterocycles. The average molecular weight is 489 g/mol. The molecule has 5 rings (SSSR count). The van der Waals surface area contributed by atoms with Crippen LogP contribution < -0.4 is 15.2 Å². The highest BCUT2D eigenvalue weighted by Crippen LogP contribution is 2.44. The molecule has 36 heavy (non-hydrogen) atoms. The quantitative estimate of drug-likeness (QED) is 0.350. The molecule has 0 radical (unpaired) electrons. The monoisotopic (exact) mass is 488 g/mol. The van der Waals surface area contributed by atoms with Crippen molar-refractivity contribution in [1.29, 1.82) is 0 Å². The largest absolute Gasteiger partial charge is 0.454 e. The van der Waals surface area contributed by atoms with E-state index in [1.807, 2.05) is 24.3 Å². The van der Waals surface area contributed by atoms with Crippen molar-refractivity contribution < 1.29 is 28.5 Å². The van der Waals surface area contributed by atoms with E-state index >= 15 is 0 Å². The number of hydrogen-bond acceptors (Lipinski definition) is 7. The lowest BCUT2D eigenvalue weighted by molar-refractivity contribution is 0.0809. The number of amides is 1. The van der Waals surface area contributed by atoms with E-state index in [0.717, 1.165) is 22.3 Å². The van der Waals surface area contributed by atoms with Crippen LogP contribution in [-0.4, -0.2) is 57.0 Å². The summed E-state index contributed by atoms with van der Waals surface area (Å²) < 4.78 is 21.6. The van der Waals surface area contributed by atoms with Gasteiger partial charge < -0.3 is 29.6 Å². The molecule has 3 aromatic carbocycles. The van der Waals surface area contributed by atoms with Crippen LogP contribution in [0.5, 0.6) is 11.5 Å². The van der Waals surface area contributed by atoms with Crippen LogP contribution in [0.3, 0.4) is 0 Å². The Morgan fingerprint density at radius 2 is 1.61 bits per heavy atom. The summed E-state index contributed by atoms with van der Waals surface area (Å²) in [5.74, 6) is 0.769. The molecule has 0 fully saturated rings. The van der Waals surface area contributed by atoms with Crippen LogP contribution in [0, 0.1) is 0 Å². The fourth-order valence-electron chi connectivity index (χ4n) is 4.75. The van der Waals surface area contributed by atoms with Crippen LogP contribution in [-0.2, 0) is 9.47 Å². The van der Waals surface area contributed by atoms with Crippen molar-refractivity contribution >= 4 is 17.6 Å². The van der Waals surface area contributed by atoms with Gasteiger partial charge >= 0.3 is 6.09 Å². The molecule has 2 aliphatic rings. The second kappa shape index (κ2) is 10.3. The zero-order chi connectivity index (χ0) is 25.1. The maximum absolute atomic E-state index is 13.1. The van der Waals surface area contributed by atoms with Gasteiger partial charge in [-0.2, -0.15) is 0 Å². The summed E-state index contributed by atoms with van der Waals surface area (Å²) in [5.41, 5.74) is 11.3. The maximum atomic E-state index is 13.1. The van der Waals surface area contributed by atoms with Gasteiger partial charge in [0.05, 0.1) is 6.61 Å². The lowest BCUT2D eigenvalue weighted by Crippen LogP contribution is -2.36. The SMILES string of the molecule is COCCN(CCC(=O)c1cc2c(cc1N)OCO2)C(=O)OCC1c2ccccc2-c2ccccc21. The highest BCUT2D eigenvalue weighted by atomic mass is 16.7. The molecule has 0 saturated heterocycles. The number of carbonyl (C=O) groups is 2. The van der Waals surface area contributed by atoms with Gasteiger partial charge in [0.2, 0.25) is 6.79 Å². The number of ketones is 1. The third-order valence-electron chi connectivity index (χ3n) is 6.61. The van der Waals surface area contributed by atoms with Gasteiger partial charge in [0, 0.05) is 49.9 Å². The summed E-state index contributed by atoms with van der Waals surface area (Å²) in [7, 11) is 1.56. The fourth-order valence-corrected chi connectivity index (χ4v) is 4.75. The summed E-state index contributed by atoms with van der Waals surface area (Å²) in [6, 6.07) is 19.5. The number of rotatable bonds is 9. The number of hydrogen-bond donors (Lipinski definition) is 1. The number of methoxy groups -OCH3 is 1. The minimum atomic E-state index is -0.486. The molecular formula is C28H28N2O6. The Morgan fingerprint density at radius 1 is 0.972 bits per heavy atom. The molecule has 0 saturated carbocycles. The highest BCUT2D eigenvalue weighted by molar-refractivity contribution is 6.01. The Balaban J connectivity index is 1.25. The predicted octanol–water partition coefficient (Wildman–Crippen LogP) is 4.47. The molecule has 1 aliphatic heterocycles. The normalized spacial score (nSPS) is 13.2. The molecule has 0 unspecified atom stereocenters. The highest BCUT2D eigenvalue weighted by Gasteiger charge is 2.30. The molecule has 2 N–H and O–H groups in total. The van der Waals surface area contributed by atoms with Gasteiger partial charge in [0.15, 0.2) is 17.3 Å². The first kappa shape index (κ1) is 23.7. The molecular weight excluding hydrogens is 460 g/mol. The van der Waals surface area contributed by atoms with E-state index in [1.54, 1.807) is 19.2 Å². The van der Waals surface area contributed by atoms with Crippen LogP contribution in [0.4, 0.5) is 10.5 Å². The number of carbonyl (C=O) groups excluding carboxylic acids is 2. The van der Waals surface area contributed by atoms with Crippen molar-refractivity contribution in [2.24, 2.45) is 0 Å². The summed E-state index contributed by atoms with van der Waals surface area (Å²) in [5, 5.41) is 0. The smallest absolute Gasteiger partial charge is 0.409 e. The molecule has 8 nitrogen and oxygen atoms in total. The van der Waals surface area contributed by atoms with Crippen molar-refractivity contribution in [1.82, 2.24) is 4.90 Å². The number of nitrogens with zero attached hydrogens (tertiary/aromatic N) is 1. The molecule has 0 spiro atoms. The van der Waals surface area contributed by atoms with E-state index in [-0.39, 0.29) is 38.1 Å². The third kappa shape index (κ3) is 4.59. The van der Waals surface area contributed by atoms with Crippen molar-refractivity contribution in [3.8, 4) is 22.6 Å². The molecule has 1 heterocycles. The van der Waals surface area contributed by atoms with Crippen molar-refractivity contribution in [2.75, 3.05) is 45.9 Å². The molecule has 0 atom stereocenters. The van der Waals surface area contributed by atoms with Gasteiger partial charge in [-0.3, -0.25) is 4.79 Å². The molecule has 186 valence electrons. The van der Waals surface area contributed by atoms with E-state index in [9.17, 15) is 9.59 Å². The first-order valence-corrected chi connectivity index (χ1v) is 11.9. The predicted molar refractivity (Wildman–Crippen MR) is 134 cm³/mol. The summed E-state index contributed by atoms with van der Waals surface area (Å²) >= 11 is 0. The minimum Gasteiger partial charge on any atom is -0.454 e. The number of anilines is 1. The van der Waals surface area contributed by atoms with Crippen molar-refractivity contribution in [3.05, 3.63) is 77.4 Å². The van der Waals surface area contributed by atoms with Crippen LogP contribution >= 0.6 is 0 Å². The van der Waals surface area contributed by atoms with E-state index in [4.69, 9.17) is 24.7 Å². The first-order chi connectivity index (χ1) is 17.6. The fraction of sp³-hybridized carbons (Fsp3) is 0.286. The summed E-state index contributed by atoms with van der Waals surface area (Å²) in [6.45, 7) is 1.10. The number of nitrogen functional groups attached to an aromatic ring is 1. The van der Waals surface area contributed by atoms with Gasteiger partial charge in [0.25, 0.3) is 0 Å². The third-order valence-corrected chi connectivity index (χ3v) is 6.61. The zero-order valence-corrected chi connectivity index (χ0v) is 20.1. The molecule has 3 aromatic rings. The van der Waals surface area contributed by atoms with Gasteiger partial charge in [-0.25, -0.2) is 4.79 Å². The Morgan fingerprint density at radius 3 is 2.28 bits per heavy atom. The molecule has 1 amide bonds. The lowest BCUT2D eigenvalue weighted by Gasteiger charge is -2.23. The number of benzene rings is 3. The maximum Gasteiger partial charge on any atom is 0.409 e. The molecule has 8 heteroatoms.